The highest BCUT2D eigenvalue weighted by Gasteiger charge is 2.10. The minimum absolute atomic E-state index is 0.0480. The molecule has 1 amide bonds. The first-order valence-corrected chi connectivity index (χ1v) is 8.02. The molecule has 0 aliphatic heterocycles. The standard InChI is InChI=1S/C16H14N4O2S/c21-14(18-12-6-2-1-3-7-12)9-11-23-16-20-19-15(22-16)13-8-4-5-10-17-13/h1-8,10H,9,11H2,(H,18,21). The summed E-state index contributed by atoms with van der Waals surface area (Å²) in [6.07, 6.45) is 2.03. The lowest BCUT2D eigenvalue weighted by Gasteiger charge is -2.03. The molecule has 7 heteroatoms. The number of pyridine rings is 1. The highest BCUT2D eigenvalue weighted by atomic mass is 32.2. The fraction of sp³-hybridized carbons (Fsp3) is 0.125. The fourth-order valence-electron chi connectivity index (χ4n) is 1.84. The molecule has 0 aliphatic rings. The van der Waals surface area contributed by atoms with E-state index in [2.05, 4.69) is 20.5 Å². The number of para-hydroxylation sites is 1. The summed E-state index contributed by atoms with van der Waals surface area (Å²) in [6, 6.07) is 14.8. The number of nitrogens with zero attached hydrogens (tertiary/aromatic N) is 3. The first-order valence-electron chi connectivity index (χ1n) is 7.04. The Bertz CT molecular complexity index is 762. The van der Waals surface area contributed by atoms with Gasteiger partial charge in [0.1, 0.15) is 5.69 Å². The highest BCUT2D eigenvalue weighted by molar-refractivity contribution is 7.99. The molecule has 0 aliphatic carbocycles. The molecule has 0 saturated carbocycles. The third-order valence-electron chi connectivity index (χ3n) is 2.90. The van der Waals surface area contributed by atoms with Crippen LogP contribution in [0.3, 0.4) is 0 Å². The maximum Gasteiger partial charge on any atom is 0.276 e. The quantitative estimate of drug-likeness (QED) is 0.700. The highest BCUT2D eigenvalue weighted by Crippen LogP contribution is 2.22. The van der Waals surface area contributed by atoms with Crippen LogP contribution in [0.2, 0.25) is 0 Å². The third-order valence-corrected chi connectivity index (χ3v) is 3.72. The number of hydrogen-bond acceptors (Lipinski definition) is 6. The van der Waals surface area contributed by atoms with Gasteiger partial charge in [-0.05, 0) is 24.3 Å². The zero-order chi connectivity index (χ0) is 15.9. The van der Waals surface area contributed by atoms with Crippen molar-refractivity contribution in [2.75, 3.05) is 11.1 Å². The average molecular weight is 326 g/mol. The van der Waals surface area contributed by atoms with Crippen molar-refractivity contribution in [3.8, 4) is 11.6 Å². The van der Waals surface area contributed by atoms with Crippen LogP contribution in [0.25, 0.3) is 11.6 Å². The second-order valence-electron chi connectivity index (χ2n) is 4.60. The summed E-state index contributed by atoms with van der Waals surface area (Å²) in [5.41, 5.74) is 1.42. The molecular weight excluding hydrogens is 312 g/mol. The maximum absolute atomic E-state index is 11.8. The van der Waals surface area contributed by atoms with Crippen molar-refractivity contribution >= 4 is 23.4 Å². The van der Waals surface area contributed by atoms with Crippen LogP contribution in [-0.4, -0.2) is 26.8 Å². The van der Waals surface area contributed by atoms with Crippen LogP contribution in [-0.2, 0) is 4.79 Å². The summed E-state index contributed by atoms with van der Waals surface area (Å²) >= 11 is 1.35. The normalized spacial score (nSPS) is 10.4. The predicted molar refractivity (Wildman–Crippen MR) is 87.9 cm³/mol. The molecule has 23 heavy (non-hydrogen) atoms. The molecule has 0 fully saturated rings. The van der Waals surface area contributed by atoms with E-state index in [0.717, 1.165) is 5.69 Å². The van der Waals surface area contributed by atoms with Crippen LogP contribution >= 0.6 is 11.8 Å². The van der Waals surface area contributed by atoms with Gasteiger partial charge in [0, 0.05) is 24.1 Å². The number of rotatable bonds is 6. The molecule has 6 nitrogen and oxygen atoms in total. The van der Waals surface area contributed by atoms with Crippen molar-refractivity contribution in [3.63, 3.8) is 0 Å². The van der Waals surface area contributed by atoms with E-state index in [-0.39, 0.29) is 5.91 Å². The Balaban J connectivity index is 1.48. The van der Waals surface area contributed by atoms with Crippen LogP contribution < -0.4 is 5.32 Å². The number of nitrogens with one attached hydrogen (secondary N) is 1. The SMILES string of the molecule is O=C(CCSc1nnc(-c2ccccn2)o1)Nc1ccccc1. The van der Waals surface area contributed by atoms with E-state index in [9.17, 15) is 4.79 Å². The van der Waals surface area contributed by atoms with Gasteiger partial charge in [-0.15, -0.1) is 10.2 Å². The zero-order valence-electron chi connectivity index (χ0n) is 12.2. The van der Waals surface area contributed by atoms with Crippen LogP contribution in [0.4, 0.5) is 5.69 Å². The van der Waals surface area contributed by atoms with Crippen molar-refractivity contribution in [1.82, 2.24) is 15.2 Å². The molecule has 0 atom stereocenters. The van der Waals surface area contributed by atoms with Crippen molar-refractivity contribution in [3.05, 3.63) is 54.7 Å². The van der Waals surface area contributed by atoms with Gasteiger partial charge in [0.2, 0.25) is 5.91 Å². The van der Waals surface area contributed by atoms with Crippen molar-refractivity contribution in [2.24, 2.45) is 0 Å². The first-order chi connectivity index (χ1) is 11.3. The van der Waals surface area contributed by atoms with Crippen LogP contribution in [0.1, 0.15) is 6.42 Å². The number of anilines is 1. The van der Waals surface area contributed by atoms with Gasteiger partial charge in [0.15, 0.2) is 0 Å². The van der Waals surface area contributed by atoms with Gasteiger partial charge in [-0.1, -0.05) is 36.0 Å². The van der Waals surface area contributed by atoms with Gasteiger partial charge in [-0.25, -0.2) is 0 Å². The Hall–Kier alpha value is -2.67. The molecule has 0 saturated heterocycles. The second kappa shape index (κ2) is 7.55. The van der Waals surface area contributed by atoms with E-state index >= 15 is 0 Å². The lowest BCUT2D eigenvalue weighted by molar-refractivity contribution is -0.115. The summed E-state index contributed by atoms with van der Waals surface area (Å²) in [5, 5.41) is 11.2. The number of aromatic nitrogens is 3. The second-order valence-corrected chi connectivity index (χ2v) is 5.65. The molecule has 0 spiro atoms. The van der Waals surface area contributed by atoms with Crippen LogP contribution in [0.5, 0.6) is 0 Å². The Kier molecular flexibility index (Phi) is 5.00. The van der Waals surface area contributed by atoms with Crippen molar-refractivity contribution in [2.45, 2.75) is 11.6 Å². The third kappa shape index (κ3) is 4.40. The maximum atomic E-state index is 11.8. The summed E-state index contributed by atoms with van der Waals surface area (Å²) in [4.78, 5) is 16.0. The minimum atomic E-state index is -0.0480. The monoisotopic (exact) mass is 326 g/mol. The molecule has 116 valence electrons. The Morgan fingerprint density at radius 3 is 2.70 bits per heavy atom. The van der Waals surface area contributed by atoms with Crippen molar-refractivity contribution in [1.29, 1.82) is 0 Å². The van der Waals surface area contributed by atoms with Crippen LogP contribution in [0.15, 0.2) is 64.4 Å². The van der Waals surface area contributed by atoms with Crippen LogP contribution in [0, 0.1) is 0 Å². The average Bonchev–Trinajstić information content (AvgIpc) is 3.05. The number of carbonyl (C=O) groups excluding carboxylic acids is 1. The van der Waals surface area contributed by atoms with E-state index in [4.69, 9.17) is 4.42 Å². The summed E-state index contributed by atoms with van der Waals surface area (Å²) in [5.74, 6) is 0.887. The van der Waals surface area contributed by atoms with Crippen molar-refractivity contribution < 1.29 is 9.21 Å². The van der Waals surface area contributed by atoms with Gasteiger partial charge in [0.05, 0.1) is 0 Å². The Morgan fingerprint density at radius 2 is 1.91 bits per heavy atom. The van der Waals surface area contributed by atoms with E-state index in [0.29, 0.717) is 29.0 Å². The Labute approximate surface area is 137 Å². The molecule has 0 bridgehead atoms. The smallest absolute Gasteiger partial charge is 0.276 e. The molecule has 1 N–H and O–H groups in total. The van der Waals surface area contributed by atoms with Gasteiger partial charge >= 0.3 is 0 Å². The number of hydrogen-bond donors (Lipinski definition) is 1. The lowest BCUT2D eigenvalue weighted by Crippen LogP contribution is -2.11. The Morgan fingerprint density at radius 1 is 1.09 bits per heavy atom. The van der Waals surface area contributed by atoms with Gasteiger partial charge in [-0.2, -0.15) is 0 Å². The van der Waals surface area contributed by atoms with E-state index in [1.165, 1.54) is 11.8 Å². The molecule has 0 unspecified atom stereocenters. The minimum Gasteiger partial charge on any atom is -0.410 e. The molecule has 2 aromatic heterocycles. The number of carbonyl (C=O) groups is 1. The molecule has 1 aromatic carbocycles. The van der Waals surface area contributed by atoms with Gasteiger partial charge in [0.25, 0.3) is 11.1 Å². The number of benzene rings is 1. The molecule has 3 rings (SSSR count). The molecular formula is C16H14N4O2S. The van der Waals surface area contributed by atoms with Gasteiger partial charge < -0.3 is 9.73 Å². The molecule has 2 heterocycles. The zero-order valence-corrected chi connectivity index (χ0v) is 13.0. The molecule has 0 radical (unpaired) electrons. The summed E-state index contributed by atoms with van der Waals surface area (Å²) < 4.78 is 5.52. The number of thioether (sulfide) groups is 1. The number of amides is 1. The molecule has 3 aromatic rings. The van der Waals surface area contributed by atoms with E-state index in [1.54, 1.807) is 12.3 Å². The largest absolute Gasteiger partial charge is 0.410 e. The topological polar surface area (TPSA) is 80.9 Å². The first kappa shape index (κ1) is 15.2. The summed E-state index contributed by atoms with van der Waals surface area (Å²) in [7, 11) is 0. The fourth-order valence-corrected chi connectivity index (χ4v) is 2.54. The predicted octanol–water partition coefficient (Wildman–Crippen LogP) is 3.25. The van der Waals surface area contributed by atoms with Gasteiger partial charge in [-0.3, -0.25) is 9.78 Å². The van der Waals surface area contributed by atoms with E-state index in [1.807, 2.05) is 42.5 Å². The summed E-state index contributed by atoms with van der Waals surface area (Å²) in [6.45, 7) is 0. The van der Waals surface area contributed by atoms with E-state index < -0.39 is 0 Å². The lowest BCUT2D eigenvalue weighted by atomic mass is 10.3.